The van der Waals surface area contributed by atoms with Gasteiger partial charge < -0.3 is 14.6 Å². The van der Waals surface area contributed by atoms with E-state index in [1.165, 1.54) is 20.8 Å². The number of hydrogen-bond acceptors (Lipinski definition) is 8. The Hall–Kier alpha value is -3.49. The van der Waals surface area contributed by atoms with Crippen molar-refractivity contribution in [3.05, 3.63) is 53.2 Å². The molecular formula is C17H14N3O6-. The molecule has 2 amide bonds. The van der Waals surface area contributed by atoms with Gasteiger partial charge in [0.1, 0.15) is 0 Å². The summed E-state index contributed by atoms with van der Waals surface area (Å²) < 4.78 is 9.77. The molecule has 0 saturated carbocycles. The van der Waals surface area contributed by atoms with Crippen molar-refractivity contribution in [3.63, 3.8) is 0 Å². The maximum Gasteiger partial charge on any atom is 0.362 e. The third kappa shape index (κ3) is 2.94. The first-order valence-electron chi connectivity index (χ1n) is 7.61. The average molecular weight is 356 g/mol. The van der Waals surface area contributed by atoms with Crippen LogP contribution in [0.15, 0.2) is 63.5 Å². The van der Waals surface area contributed by atoms with E-state index in [-0.39, 0.29) is 11.3 Å². The molecule has 9 nitrogen and oxygen atoms in total. The molecule has 0 radical (unpaired) electrons. The molecule has 2 aliphatic rings. The van der Waals surface area contributed by atoms with Gasteiger partial charge in [-0.25, -0.2) is 9.69 Å². The van der Waals surface area contributed by atoms with Gasteiger partial charge in [-0.05, 0) is 32.9 Å². The van der Waals surface area contributed by atoms with Gasteiger partial charge in [-0.1, -0.05) is 18.2 Å². The Balaban J connectivity index is 1.91. The maximum absolute atomic E-state index is 12.5. The highest BCUT2D eigenvalue weighted by Crippen LogP contribution is 2.29. The minimum Gasteiger partial charge on any atom is -0.573 e. The number of carbonyl (C=O) groups is 3. The van der Waals surface area contributed by atoms with Crippen LogP contribution in [0.3, 0.4) is 0 Å². The van der Waals surface area contributed by atoms with Crippen LogP contribution in [0.25, 0.3) is 0 Å². The van der Waals surface area contributed by atoms with Gasteiger partial charge in [0.2, 0.25) is 0 Å². The lowest BCUT2D eigenvalue weighted by Gasteiger charge is -2.37. The van der Waals surface area contributed by atoms with Crippen LogP contribution in [0.1, 0.15) is 20.8 Å². The van der Waals surface area contributed by atoms with Gasteiger partial charge in [0.25, 0.3) is 11.8 Å². The zero-order valence-corrected chi connectivity index (χ0v) is 14.2. The Morgan fingerprint density at radius 1 is 0.962 bits per heavy atom. The fourth-order valence-electron chi connectivity index (χ4n) is 2.39. The molecule has 0 aromatic heterocycles. The minimum atomic E-state index is -1.41. The summed E-state index contributed by atoms with van der Waals surface area (Å²) in [6, 6.07) is 8.28. The van der Waals surface area contributed by atoms with Crippen LogP contribution in [0.4, 0.5) is 5.69 Å². The monoisotopic (exact) mass is 356 g/mol. The molecule has 0 spiro atoms. The Labute approximate surface area is 148 Å². The largest absolute Gasteiger partial charge is 0.573 e. The molecule has 134 valence electrons. The summed E-state index contributed by atoms with van der Waals surface area (Å²) in [5, 5.41) is 19.0. The van der Waals surface area contributed by atoms with Gasteiger partial charge in [-0.3, -0.25) is 9.59 Å². The normalized spacial score (nSPS) is 20.1. The summed E-state index contributed by atoms with van der Waals surface area (Å²) in [6.45, 7) is 4.18. The van der Waals surface area contributed by atoms with Crippen molar-refractivity contribution in [2.45, 2.75) is 26.6 Å². The van der Waals surface area contributed by atoms with Crippen LogP contribution in [0.2, 0.25) is 0 Å². The van der Waals surface area contributed by atoms with Gasteiger partial charge >= 0.3 is 5.97 Å². The zero-order chi connectivity index (χ0) is 19.1. The van der Waals surface area contributed by atoms with Gasteiger partial charge in [-0.15, -0.1) is 10.2 Å². The Morgan fingerprint density at radius 2 is 1.58 bits per heavy atom. The summed E-state index contributed by atoms with van der Waals surface area (Å²) in [5.74, 6) is -4.73. The molecular weight excluding hydrogens is 342 g/mol. The van der Waals surface area contributed by atoms with Gasteiger partial charge in [-0.2, -0.15) is 0 Å². The van der Waals surface area contributed by atoms with E-state index in [0.29, 0.717) is 5.69 Å². The fraction of sp³-hybridized carbons (Fsp3) is 0.235. The first-order valence-corrected chi connectivity index (χ1v) is 7.61. The van der Waals surface area contributed by atoms with E-state index in [9.17, 15) is 19.5 Å². The second-order valence-corrected chi connectivity index (χ2v) is 5.98. The number of imide groups is 1. The van der Waals surface area contributed by atoms with Crippen LogP contribution in [-0.4, -0.2) is 23.6 Å². The summed E-state index contributed by atoms with van der Waals surface area (Å²) in [6.07, 6.45) is 0. The molecule has 0 bridgehead atoms. The average Bonchev–Trinajstić information content (AvgIpc) is 2.77. The zero-order valence-electron chi connectivity index (χ0n) is 14.2. The van der Waals surface area contributed by atoms with Crippen molar-refractivity contribution < 1.29 is 29.0 Å². The molecule has 1 aromatic carbocycles. The molecule has 2 heterocycles. The Kier molecular flexibility index (Phi) is 4.07. The van der Waals surface area contributed by atoms with Gasteiger partial charge in [0, 0.05) is 5.57 Å². The number of nitrogens with zero attached hydrogens (tertiary/aromatic N) is 3. The Morgan fingerprint density at radius 3 is 2.19 bits per heavy atom. The molecule has 26 heavy (non-hydrogen) atoms. The van der Waals surface area contributed by atoms with E-state index < -0.39 is 35.2 Å². The summed E-state index contributed by atoms with van der Waals surface area (Å²) in [7, 11) is 0. The number of esters is 1. The van der Waals surface area contributed by atoms with E-state index in [2.05, 4.69) is 10.2 Å². The summed E-state index contributed by atoms with van der Waals surface area (Å²) in [4.78, 5) is 37.7. The van der Waals surface area contributed by atoms with Crippen molar-refractivity contribution >= 4 is 23.5 Å². The third-order valence-corrected chi connectivity index (χ3v) is 3.61. The van der Waals surface area contributed by atoms with Crippen molar-refractivity contribution in [1.29, 1.82) is 0 Å². The number of amides is 2. The molecule has 0 fully saturated rings. The lowest BCUT2D eigenvalue weighted by atomic mass is 10.2. The first-order chi connectivity index (χ1) is 12.2. The highest BCUT2D eigenvalue weighted by Gasteiger charge is 2.38. The molecule has 9 heteroatoms. The van der Waals surface area contributed by atoms with Crippen molar-refractivity contribution in [2.24, 2.45) is 10.2 Å². The molecule has 0 aliphatic carbocycles. The molecule has 0 unspecified atom stereocenters. The maximum atomic E-state index is 12.5. The van der Waals surface area contributed by atoms with E-state index in [0.717, 1.165) is 4.90 Å². The lowest BCUT2D eigenvalue weighted by molar-refractivity contribution is -0.394. The molecule has 0 N–H and O–H groups in total. The van der Waals surface area contributed by atoms with E-state index >= 15 is 0 Å². The van der Waals surface area contributed by atoms with Crippen LogP contribution in [-0.2, 0) is 23.9 Å². The smallest absolute Gasteiger partial charge is 0.362 e. The summed E-state index contributed by atoms with van der Waals surface area (Å²) in [5.41, 5.74) is -0.557. The number of ether oxygens (including phenoxy) is 2. The predicted molar refractivity (Wildman–Crippen MR) is 84.8 cm³/mol. The van der Waals surface area contributed by atoms with Gasteiger partial charge in [0.05, 0.1) is 11.6 Å². The summed E-state index contributed by atoms with van der Waals surface area (Å²) >= 11 is 0. The molecule has 1 aromatic rings. The van der Waals surface area contributed by atoms with Crippen molar-refractivity contribution in [2.75, 3.05) is 4.90 Å². The van der Waals surface area contributed by atoms with Crippen molar-refractivity contribution in [1.82, 2.24) is 0 Å². The number of rotatable bonds is 3. The second-order valence-electron chi connectivity index (χ2n) is 5.98. The van der Waals surface area contributed by atoms with Crippen LogP contribution >= 0.6 is 0 Å². The van der Waals surface area contributed by atoms with Crippen LogP contribution in [0.5, 0.6) is 0 Å². The number of benzene rings is 1. The molecule has 3 rings (SSSR count). The SMILES string of the molecule is CC1=C(N=NC2=C([O-])OC(C)(C)OC2=O)C(=O)N(c2ccccc2)C1=O. The topological polar surface area (TPSA) is 121 Å². The highest BCUT2D eigenvalue weighted by atomic mass is 16.8. The van der Waals surface area contributed by atoms with Crippen LogP contribution < -0.4 is 10.0 Å². The first kappa shape index (κ1) is 17.3. The van der Waals surface area contributed by atoms with E-state index in [1.54, 1.807) is 30.3 Å². The second kappa shape index (κ2) is 6.10. The fourth-order valence-corrected chi connectivity index (χ4v) is 2.39. The third-order valence-electron chi connectivity index (χ3n) is 3.61. The molecule has 0 saturated heterocycles. The van der Waals surface area contributed by atoms with Crippen molar-refractivity contribution in [3.8, 4) is 0 Å². The van der Waals surface area contributed by atoms with Crippen LogP contribution in [0, 0.1) is 0 Å². The van der Waals surface area contributed by atoms with E-state index in [4.69, 9.17) is 9.47 Å². The minimum absolute atomic E-state index is 0.0427. The highest BCUT2D eigenvalue weighted by molar-refractivity contribution is 6.32. The molecule has 2 aliphatic heterocycles. The quantitative estimate of drug-likeness (QED) is 0.455. The molecule has 0 atom stereocenters. The standard InChI is InChI=1S/C17H15N3O6/c1-9-11(14(22)20(13(9)21)10-7-5-4-6-8-10)18-19-12-15(23)25-17(2,3)26-16(12)24/h4-8,23H,1-3H3/p-1. The Bertz CT molecular complexity index is 898. The van der Waals surface area contributed by atoms with Gasteiger partial charge in [0.15, 0.2) is 17.2 Å². The number of azo groups is 1. The lowest BCUT2D eigenvalue weighted by Crippen LogP contribution is -2.39. The number of hydrogen-bond donors (Lipinski definition) is 0. The number of cyclic esters (lactones) is 1. The number of para-hydroxylation sites is 1. The number of anilines is 1. The number of carbonyl (C=O) groups excluding carboxylic acids is 3. The predicted octanol–water partition coefficient (Wildman–Crippen LogP) is 1.12. The van der Waals surface area contributed by atoms with E-state index in [1.807, 2.05) is 0 Å².